The highest BCUT2D eigenvalue weighted by Crippen LogP contribution is 2.48. The smallest absolute Gasteiger partial charge is 0.193 e. The Labute approximate surface area is 151 Å². The molecule has 1 aromatic carbocycles. The Bertz CT molecular complexity index is 733. The topological polar surface area (TPSA) is 45.5 Å². The minimum Gasteiger partial charge on any atom is -0.355 e. The summed E-state index contributed by atoms with van der Waals surface area (Å²) < 4.78 is 2.97. The Morgan fingerprint density at radius 2 is 2.25 bits per heavy atom. The first-order chi connectivity index (χ1) is 11.5. The molecule has 3 rings (SSSR count). The van der Waals surface area contributed by atoms with Crippen LogP contribution in [0, 0.1) is 0 Å². The van der Waals surface area contributed by atoms with Gasteiger partial charge in [0, 0.05) is 55.9 Å². The van der Waals surface area contributed by atoms with Crippen LogP contribution in [0.2, 0.25) is 0 Å². The summed E-state index contributed by atoms with van der Waals surface area (Å²) >= 11 is 3.58. The number of aromatic nitrogens is 2. The number of rotatable bonds is 5. The first-order valence-corrected chi connectivity index (χ1v) is 8.97. The maximum absolute atomic E-state index is 4.43. The van der Waals surface area contributed by atoms with Crippen molar-refractivity contribution < 1.29 is 0 Å². The third-order valence-electron chi connectivity index (χ3n) is 4.63. The lowest BCUT2D eigenvalue weighted by Gasteiger charge is -2.24. The molecule has 1 N–H and O–H groups in total. The second-order valence-corrected chi connectivity index (χ2v) is 7.49. The zero-order valence-electron chi connectivity index (χ0n) is 14.5. The van der Waals surface area contributed by atoms with E-state index in [1.165, 1.54) is 24.0 Å². The van der Waals surface area contributed by atoms with Crippen molar-refractivity contribution in [2.45, 2.75) is 24.8 Å². The van der Waals surface area contributed by atoms with Gasteiger partial charge in [0.25, 0.3) is 0 Å². The van der Waals surface area contributed by atoms with Crippen LogP contribution in [0.4, 0.5) is 0 Å². The molecule has 0 saturated heterocycles. The van der Waals surface area contributed by atoms with E-state index in [-0.39, 0.29) is 5.41 Å². The average Bonchev–Trinajstić information content (AvgIpc) is 3.24. The Balaban J connectivity index is 1.62. The summed E-state index contributed by atoms with van der Waals surface area (Å²) in [5, 5.41) is 7.77. The van der Waals surface area contributed by atoms with Gasteiger partial charge in [0.05, 0.1) is 6.20 Å². The van der Waals surface area contributed by atoms with E-state index in [0.717, 1.165) is 23.5 Å². The molecule has 2 aromatic rings. The van der Waals surface area contributed by atoms with Crippen molar-refractivity contribution in [1.29, 1.82) is 0 Å². The van der Waals surface area contributed by atoms with Crippen LogP contribution in [0.15, 0.2) is 46.1 Å². The third kappa shape index (κ3) is 3.80. The van der Waals surface area contributed by atoms with Gasteiger partial charge in [-0.15, -0.1) is 0 Å². The molecular formula is C18H24BrN5. The number of nitrogens with one attached hydrogen (secondary N) is 1. The molecular weight excluding hydrogens is 366 g/mol. The monoisotopic (exact) mass is 389 g/mol. The minimum atomic E-state index is 0.245. The van der Waals surface area contributed by atoms with Crippen molar-refractivity contribution in [2.24, 2.45) is 12.0 Å². The quantitative estimate of drug-likeness (QED) is 0.631. The lowest BCUT2D eigenvalue weighted by atomic mass is 9.96. The summed E-state index contributed by atoms with van der Waals surface area (Å²) in [7, 11) is 5.83. The van der Waals surface area contributed by atoms with Crippen LogP contribution >= 0.6 is 15.9 Å². The Kier molecular flexibility index (Phi) is 4.94. The van der Waals surface area contributed by atoms with E-state index in [0.29, 0.717) is 0 Å². The molecule has 24 heavy (non-hydrogen) atoms. The molecule has 0 bridgehead atoms. The highest BCUT2D eigenvalue weighted by atomic mass is 79.9. The number of hydrogen-bond donors (Lipinski definition) is 1. The van der Waals surface area contributed by atoms with Crippen molar-refractivity contribution in [3.63, 3.8) is 0 Å². The van der Waals surface area contributed by atoms with Gasteiger partial charge in [-0.05, 0) is 30.5 Å². The Morgan fingerprint density at radius 1 is 1.46 bits per heavy atom. The molecule has 1 aliphatic rings. The highest BCUT2D eigenvalue weighted by molar-refractivity contribution is 9.10. The van der Waals surface area contributed by atoms with Crippen LogP contribution in [-0.4, -0.2) is 41.3 Å². The molecule has 6 heteroatoms. The molecule has 1 aliphatic carbocycles. The number of guanidine groups is 1. The van der Waals surface area contributed by atoms with E-state index in [9.17, 15) is 0 Å². The van der Waals surface area contributed by atoms with E-state index < -0.39 is 0 Å². The van der Waals surface area contributed by atoms with Gasteiger partial charge in [0.15, 0.2) is 5.96 Å². The largest absolute Gasteiger partial charge is 0.355 e. The number of halogens is 1. The molecule has 0 atom stereocenters. The van der Waals surface area contributed by atoms with E-state index in [1.807, 2.05) is 31.2 Å². The van der Waals surface area contributed by atoms with E-state index in [2.05, 4.69) is 67.6 Å². The van der Waals surface area contributed by atoms with Crippen LogP contribution in [0.5, 0.6) is 0 Å². The van der Waals surface area contributed by atoms with Gasteiger partial charge >= 0.3 is 0 Å². The van der Waals surface area contributed by atoms with E-state index in [1.54, 1.807) is 0 Å². The molecule has 1 fully saturated rings. The summed E-state index contributed by atoms with van der Waals surface area (Å²) in [5.41, 5.74) is 2.82. The molecule has 1 saturated carbocycles. The first kappa shape index (κ1) is 17.0. The fourth-order valence-corrected chi connectivity index (χ4v) is 3.47. The predicted octanol–water partition coefficient (Wildman–Crippen LogP) is 2.92. The molecule has 5 nitrogen and oxygen atoms in total. The van der Waals surface area contributed by atoms with Crippen molar-refractivity contribution in [1.82, 2.24) is 20.0 Å². The van der Waals surface area contributed by atoms with Gasteiger partial charge in [-0.2, -0.15) is 5.10 Å². The van der Waals surface area contributed by atoms with Gasteiger partial charge in [0.2, 0.25) is 0 Å². The minimum absolute atomic E-state index is 0.245. The third-order valence-corrected chi connectivity index (χ3v) is 5.12. The van der Waals surface area contributed by atoms with Crippen LogP contribution < -0.4 is 5.32 Å². The Morgan fingerprint density at radius 3 is 2.83 bits per heavy atom. The van der Waals surface area contributed by atoms with Crippen molar-refractivity contribution >= 4 is 21.9 Å². The van der Waals surface area contributed by atoms with Gasteiger partial charge in [-0.3, -0.25) is 9.67 Å². The number of aliphatic imine (C=N–C) groups is 1. The molecule has 1 heterocycles. The summed E-state index contributed by atoms with van der Waals surface area (Å²) in [6.45, 7) is 1.70. The number of benzene rings is 1. The molecule has 1 aromatic heterocycles. The zero-order chi connectivity index (χ0) is 17.2. The van der Waals surface area contributed by atoms with Gasteiger partial charge in [-0.25, -0.2) is 0 Å². The predicted molar refractivity (Wildman–Crippen MR) is 101 cm³/mol. The van der Waals surface area contributed by atoms with Crippen LogP contribution in [0.3, 0.4) is 0 Å². The van der Waals surface area contributed by atoms with E-state index >= 15 is 0 Å². The molecule has 0 spiro atoms. The molecule has 0 radical (unpaired) electrons. The van der Waals surface area contributed by atoms with Crippen LogP contribution in [-0.2, 0) is 19.0 Å². The molecule has 0 aliphatic heterocycles. The van der Waals surface area contributed by atoms with Gasteiger partial charge < -0.3 is 10.2 Å². The van der Waals surface area contributed by atoms with E-state index in [4.69, 9.17) is 0 Å². The van der Waals surface area contributed by atoms with Gasteiger partial charge in [0.1, 0.15) is 0 Å². The van der Waals surface area contributed by atoms with Crippen molar-refractivity contribution in [3.8, 4) is 0 Å². The summed E-state index contributed by atoms with van der Waals surface area (Å²) in [4.78, 5) is 6.56. The van der Waals surface area contributed by atoms with Gasteiger partial charge in [-0.1, -0.05) is 28.1 Å². The average molecular weight is 390 g/mol. The molecule has 128 valence electrons. The summed E-state index contributed by atoms with van der Waals surface area (Å²) in [6, 6.07) is 8.65. The maximum atomic E-state index is 4.43. The Hall–Kier alpha value is -1.82. The second-order valence-electron chi connectivity index (χ2n) is 6.57. The normalized spacial score (nSPS) is 16.1. The molecule has 0 amide bonds. The fraction of sp³-hybridized carbons (Fsp3) is 0.444. The number of nitrogens with zero attached hydrogens (tertiary/aromatic N) is 4. The lowest BCUT2D eigenvalue weighted by molar-refractivity contribution is 0.470. The fourth-order valence-electron chi connectivity index (χ4n) is 3.07. The number of hydrogen-bond acceptors (Lipinski definition) is 2. The van der Waals surface area contributed by atoms with Crippen LogP contribution in [0.1, 0.15) is 24.0 Å². The SMILES string of the molecule is CN=C(NCC1(c2cccc(Br)c2)CC1)N(C)Cc1cnn(C)c1. The zero-order valence-corrected chi connectivity index (χ0v) is 16.0. The van der Waals surface area contributed by atoms with Crippen molar-refractivity contribution in [2.75, 3.05) is 20.6 Å². The lowest BCUT2D eigenvalue weighted by Crippen LogP contribution is -2.42. The number of aryl methyl sites for hydroxylation is 1. The maximum Gasteiger partial charge on any atom is 0.193 e. The summed E-state index contributed by atoms with van der Waals surface area (Å²) in [5.74, 6) is 0.917. The van der Waals surface area contributed by atoms with Crippen LogP contribution in [0.25, 0.3) is 0 Å². The molecule has 0 unspecified atom stereocenters. The standard InChI is InChI=1S/C18H24BrN5/c1-20-17(23(2)11-14-10-22-24(3)12-14)21-13-18(7-8-18)15-5-4-6-16(19)9-15/h4-6,9-10,12H,7-8,11,13H2,1-3H3,(H,20,21). The highest BCUT2D eigenvalue weighted by Gasteiger charge is 2.44. The van der Waals surface area contributed by atoms with Crippen molar-refractivity contribution in [3.05, 3.63) is 52.3 Å². The second kappa shape index (κ2) is 6.97. The summed E-state index contributed by atoms with van der Waals surface area (Å²) in [6.07, 6.45) is 6.38. The first-order valence-electron chi connectivity index (χ1n) is 8.18.